The summed E-state index contributed by atoms with van der Waals surface area (Å²) in [6, 6.07) is 0. The van der Waals surface area contributed by atoms with E-state index in [2.05, 4.69) is 26.8 Å². The van der Waals surface area contributed by atoms with Gasteiger partial charge in [-0.2, -0.15) is 0 Å². The number of hydrogen-bond acceptors (Lipinski definition) is 16. The molecule has 8 rings (SSSR count). The van der Waals surface area contributed by atoms with Gasteiger partial charge in [0.05, 0.1) is 56.6 Å². The van der Waals surface area contributed by atoms with Gasteiger partial charge in [0.15, 0.2) is 18.4 Å². The quantitative estimate of drug-likeness (QED) is 0.108. The Kier molecular flexibility index (Phi) is 13.1. The number of carbonyl (C=O) groups excluding carboxylic acids is 1. The van der Waals surface area contributed by atoms with Crippen LogP contribution in [-0.2, 0) is 42.7 Å². The minimum atomic E-state index is -1.68. The van der Waals surface area contributed by atoms with Crippen LogP contribution in [0.3, 0.4) is 0 Å². The summed E-state index contributed by atoms with van der Waals surface area (Å²) in [5.41, 5.74) is -0.286. The van der Waals surface area contributed by atoms with E-state index in [-0.39, 0.29) is 41.5 Å². The van der Waals surface area contributed by atoms with Crippen LogP contribution in [0.5, 0.6) is 0 Å². The van der Waals surface area contributed by atoms with E-state index in [1.54, 1.807) is 0 Å². The van der Waals surface area contributed by atoms with Crippen LogP contribution in [0.4, 0.5) is 0 Å². The number of aliphatic hydroxyl groups is 7. The van der Waals surface area contributed by atoms with Crippen LogP contribution < -0.4 is 0 Å². The SMILES string of the molecule is C[C@@H]1O[C@@H](O[C@H]2[C@H](O[C@H]3CC[C@@]4(C)C(=CC[C@H]5[C@@H]6C[C@@H]7O[C@]8(CC[C@@H](COC(=O)C[C@@](C)(O)CC(=O)O)CO8)[C@@H](C)[C@@H]7[C@@]6(C)CC[C@@H]54)C3)O[C@H](CO)[C@@H](O)[C@@H]2O)[C@H](O)[C@H](O)[C@H]1O. The molecule has 1 spiro atoms. The Morgan fingerprint density at radius 3 is 2.34 bits per heavy atom. The molecule has 352 valence electrons. The fourth-order valence-corrected chi connectivity index (χ4v) is 13.6. The lowest BCUT2D eigenvalue weighted by Crippen LogP contribution is -2.64. The van der Waals surface area contributed by atoms with E-state index >= 15 is 0 Å². The number of fused-ring (bicyclic) bond motifs is 7. The van der Waals surface area contributed by atoms with Gasteiger partial charge in [0.2, 0.25) is 0 Å². The average Bonchev–Trinajstić information content (AvgIpc) is 3.66. The molecule has 0 aromatic carbocycles. The van der Waals surface area contributed by atoms with Crippen LogP contribution in [0.1, 0.15) is 105 Å². The van der Waals surface area contributed by atoms with Gasteiger partial charge in [-0.25, -0.2) is 0 Å². The number of carbonyl (C=O) groups is 2. The van der Waals surface area contributed by atoms with Crippen molar-refractivity contribution in [2.75, 3.05) is 19.8 Å². The third kappa shape index (κ3) is 8.32. The Balaban J connectivity index is 0.886. The van der Waals surface area contributed by atoms with Crippen molar-refractivity contribution in [3.63, 3.8) is 0 Å². The largest absolute Gasteiger partial charge is 0.481 e. The van der Waals surface area contributed by atoms with Crippen LogP contribution in [0.25, 0.3) is 0 Å². The molecule has 8 N–H and O–H groups in total. The predicted octanol–water partition coefficient (Wildman–Crippen LogP) is 1.53. The third-order valence-electron chi connectivity index (χ3n) is 17.0. The highest BCUT2D eigenvalue weighted by Gasteiger charge is 2.69. The second-order valence-corrected chi connectivity index (χ2v) is 21.0. The minimum absolute atomic E-state index is 0.0182. The molecule has 4 aliphatic carbocycles. The summed E-state index contributed by atoms with van der Waals surface area (Å²) in [5.74, 6) is -0.514. The maximum atomic E-state index is 12.4. The van der Waals surface area contributed by atoms with Crippen LogP contribution in [0.15, 0.2) is 11.6 Å². The van der Waals surface area contributed by atoms with E-state index in [9.17, 15) is 45.3 Å². The summed E-state index contributed by atoms with van der Waals surface area (Å²) in [7, 11) is 0. The van der Waals surface area contributed by atoms with Crippen molar-refractivity contribution >= 4 is 11.9 Å². The Labute approximate surface area is 363 Å². The van der Waals surface area contributed by atoms with Gasteiger partial charge < -0.3 is 74.0 Å². The first kappa shape index (κ1) is 46.7. The number of carboxylic acid groups (broad SMARTS) is 1. The Morgan fingerprint density at radius 2 is 1.65 bits per heavy atom. The van der Waals surface area contributed by atoms with Gasteiger partial charge in [0.1, 0.15) is 42.7 Å². The lowest BCUT2D eigenvalue weighted by molar-refractivity contribution is -0.369. The molecule has 0 aromatic heterocycles. The topological polar surface area (TPSA) is 261 Å². The van der Waals surface area contributed by atoms with E-state index in [1.807, 2.05) is 0 Å². The van der Waals surface area contributed by atoms with E-state index in [0.717, 1.165) is 38.5 Å². The molecule has 17 nitrogen and oxygen atoms in total. The van der Waals surface area contributed by atoms with E-state index < -0.39 is 104 Å². The average molecular weight is 883 g/mol. The molecule has 3 saturated carbocycles. The number of aliphatic carboxylic acids is 1. The Hall–Kier alpha value is -1.84. The van der Waals surface area contributed by atoms with Crippen molar-refractivity contribution in [1.29, 1.82) is 0 Å². The molecule has 17 heteroatoms. The van der Waals surface area contributed by atoms with Crippen molar-refractivity contribution in [1.82, 2.24) is 0 Å². The zero-order valence-electron chi connectivity index (χ0n) is 36.6. The first-order chi connectivity index (χ1) is 29.2. The molecule has 4 heterocycles. The predicted molar refractivity (Wildman–Crippen MR) is 214 cm³/mol. The molecule has 0 radical (unpaired) electrons. The molecule has 62 heavy (non-hydrogen) atoms. The van der Waals surface area contributed by atoms with E-state index in [0.29, 0.717) is 49.5 Å². The second-order valence-electron chi connectivity index (χ2n) is 21.0. The molecule has 22 atom stereocenters. The maximum Gasteiger partial charge on any atom is 0.308 e. The number of esters is 1. The summed E-state index contributed by atoms with van der Waals surface area (Å²) in [6.07, 6.45) is -4.66. The smallest absolute Gasteiger partial charge is 0.308 e. The summed E-state index contributed by atoms with van der Waals surface area (Å²) in [6.45, 7) is 9.95. The van der Waals surface area contributed by atoms with E-state index in [4.69, 9.17) is 38.3 Å². The number of hydrogen-bond donors (Lipinski definition) is 8. The van der Waals surface area contributed by atoms with Crippen molar-refractivity contribution in [2.24, 2.45) is 46.3 Å². The number of carboxylic acids is 1. The molecular weight excluding hydrogens is 812 g/mol. The molecular formula is C45H70O17. The standard InChI is InChI=1S/C45H70O17/c1-21-33-29(62-45(21)13-8-23(20-57-45)19-56-32(49)17-42(3,55)16-31(47)48)15-28-26-7-6-24-14-25(9-11-43(24,4)27(26)10-12-44(28,33)5)59-41-39(37(53)35(51)30(18-46)60-41)61-40-38(54)36(52)34(50)22(2)58-40/h6,21-23,25-30,33-41,46,50-55H,7-20H2,1-5H3,(H,47,48)/t21-,22-,23-,25-,26+,27-,28-,29-,30+,33-,34-,35+,36+,37-,38+,39+,40-,41+,42-,43-,44-,45+/m0/s1. The highest BCUT2D eigenvalue weighted by Crippen LogP contribution is 2.70. The molecule has 0 aromatic rings. The number of aliphatic hydroxyl groups excluding tert-OH is 6. The van der Waals surface area contributed by atoms with Gasteiger partial charge in [-0.15, -0.1) is 0 Å². The molecule has 8 aliphatic rings. The van der Waals surface area contributed by atoms with Gasteiger partial charge in [-0.3, -0.25) is 9.59 Å². The van der Waals surface area contributed by atoms with Gasteiger partial charge in [-0.05, 0) is 99.7 Å². The molecule has 0 bridgehead atoms. The fourth-order valence-electron chi connectivity index (χ4n) is 13.6. The van der Waals surface area contributed by atoms with Gasteiger partial charge in [0, 0.05) is 18.3 Å². The van der Waals surface area contributed by atoms with Crippen molar-refractivity contribution in [3.05, 3.63) is 11.6 Å². The zero-order chi connectivity index (χ0) is 44.7. The van der Waals surface area contributed by atoms with Crippen molar-refractivity contribution in [2.45, 2.75) is 190 Å². The summed E-state index contributed by atoms with van der Waals surface area (Å²) >= 11 is 0. The van der Waals surface area contributed by atoms with Gasteiger partial charge in [-0.1, -0.05) is 32.4 Å². The summed E-state index contributed by atoms with van der Waals surface area (Å²) in [5, 5.41) is 82.4. The van der Waals surface area contributed by atoms with E-state index in [1.165, 1.54) is 19.4 Å². The minimum Gasteiger partial charge on any atom is -0.481 e. The number of rotatable bonds is 11. The highest BCUT2D eigenvalue weighted by atomic mass is 16.8. The monoisotopic (exact) mass is 882 g/mol. The first-order valence-corrected chi connectivity index (χ1v) is 22.9. The maximum absolute atomic E-state index is 12.4. The fraction of sp³-hybridized carbons (Fsp3) is 0.911. The van der Waals surface area contributed by atoms with Crippen LogP contribution in [-0.4, -0.2) is 158 Å². The molecule has 4 saturated heterocycles. The van der Waals surface area contributed by atoms with Crippen LogP contribution >= 0.6 is 0 Å². The normalized spacial score (nSPS) is 51.0. The molecule has 7 fully saturated rings. The van der Waals surface area contributed by atoms with Crippen LogP contribution in [0.2, 0.25) is 0 Å². The summed E-state index contributed by atoms with van der Waals surface area (Å²) < 4.78 is 43.2. The van der Waals surface area contributed by atoms with Crippen molar-refractivity contribution < 1.29 is 83.6 Å². The third-order valence-corrected chi connectivity index (χ3v) is 17.0. The van der Waals surface area contributed by atoms with Gasteiger partial charge >= 0.3 is 11.9 Å². The number of allylic oxidation sites excluding steroid dienone is 1. The lowest BCUT2D eigenvalue weighted by Gasteiger charge is -2.58. The molecule has 0 unspecified atom stereocenters. The number of ether oxygens (including phenoxy) is 7. The Morgan fingerprint density at radius 1 is 0.887 bits per heavy atom. The second kappa shape index (κ2) is 17.4. The highest BCUT2D eigenvalue weighted by molar-refractivity contribution is 5.73. The summed E-state index contributed by atoms with van der Waals surface area (Å²) in [4.78, 5) is 23.4. The zero-order valence-corrected chi connectivity index (χ0v) is 36.6. The Bertz CT molecular complexity index is 1670. The molecule has 4 aliphatic heterocycles. The van der Waals surface area contributed by atoms with Crippen molar-refractivity contribution in [3.8, 4) is 0 Å². The molecule has 0 amide bonds. The first-order valence-electron chi connectivity index (χ1n) is 22.9. The van der Waals surface area contributed by atoms with Crippen LogP contribution in [0, 0.1) is 46.3 Å². The van der Waals surface area contributed by atoms with Gasteiger partial charge in [0.25, 0.3) is 0 Å². The lowest BCUT2D eigenvalue weighted by atomic mass is 9.47.